The van der Waals surface area contributed by atoms with Gasteiger partial charge in [0.15, 0.2) is 0 Å². The first-order valence-electron chi connectivity index (χ1n) is 5.05. The molecule has 0 unspecified atom stereocenters. The summed E-state index contributed by atoms with van der Waals surface area (Å²) >= 11 is 0. The standard InChI is InChI=1S/C12H14N4/c1-9-4-5-10(13)8-11(9)16(2)12-14-6-3-7-15-12/h3-8H,13H2,1-2H3. The number of hydrogen-bond donors (Lipinski definition) is 1. The van der Waals surface area contributed by atoms with E-state index in [1.165, 1.54) is 0 Å². The number of anilines is 3. The molecule has 0 aliphatic rings. The van der Waals surface area contributed by atoms with Crippen molar-refractivity contribution in [3.8, 4) is 0 Å². The van der Waals surface area contributed by atoms with Gasteiger partial charge in [0.2, 0.25) is 5.95 Å². The molecule has 1 aromatic carbocycles. The molecule has 0 saturated carbocycles. The van der Waals surface area contributed by atoms with Crippen LogP contribution >= 0.6 is 0 Å². The zero-order chi connectivity index (χ0) is 11.5. The molecule has 0 aliphatic heterocycles. The zero-order valence-corrected chi connectivity index (χ0v) is 9.38. The van der Waals surface area contributed by atoms with E-state index in [0.717, 1.165) is 16.9 Å². The lowest BCUT2D eigenvalue weighted by Gasteiger charge is -2.19. The Bertz CT molecular complexity index is 482. The lowest BCUT2D eigenvalue weighted by atomic mass is 10.1. The second kappa shape index (κ2) is 4.18. The van der Waals surface area contributed by atoms with Crippen LogP contribution in [0.5, 0.6) is 0 Å². The van der Waals surface area contributed by atoms with E-state index in [2.05, 4.69) is 9.97 Å². The van der Waals surface area contributed by atoms with Gasteiger partial charge in [0.1, 0.15) is 0 Å². The molecule has 0 atom stereocenters. The normalized spacial score (nSPS) is 10.1. The quantitative estimate of drug-likeness (QED) is 0.778. The number of nitrogen functional groups attached to an aromatic ring is 1. The Labute approximate surface area is 94.8 Å². The minimum absolute atomic E-state index is 0.663. The Hall–Kier alpha value is -2.10. The molecule has 0 bridgehead atoms. The second-order valence-electron chi connectivity index (χ2n) is 3.65. The van der Waals surface area contributed by atoms with Crippen molar-refractivity contribution in [2.75, 3.05) is 17.7 Å². The van der Waals surface area contributed by atoms with Crippen molar-refractivity contribution < 1.29 is 0 Å². The van der Waals surface area contributed by atoms with Crippen LogP contribution in [-0.4, -0.2) is 17.0 Å². The second-order valence-corrected chi connectivity index (χ2v) is 3.65. The van der Waals surface area contributed by atoms with Crippen LogP contribution in [0, 0.1) is 6.92 Å². The van der Waals surface area contributed by atoms with Crippen LogP contribution in [0.25, 0.3) is 0 Å². The molecule has 1 heterocycles. The third kappa shape index (κ3) is 1.95. The Morgan fingerprint density at radius 3 is 2.56 bits per heavy atom. The van der Waals surface area contributed by atoms with Crippen LogP contribution in [0.1, 0.15) is 5.56 Å². The number of benzene rings is 1. The lowest BCUT2D eigenvalue weighted by Crippen LogP contribution is -2.14. The summed E-state index contributed by atoms with van der Waals surface area (Å²) in [6.07, 6.45) is 3.45. The van der Waals surface area contributed by atoms with Gasteiger partial charge < -0.3 is 10.6 Å². The lowest BCUT2D eigenvalue weighted by molar-refractivity contribution is 1.04. The first-order valence-corrected chi connectivity index (χ1v) is 5.05. The van der Waals surface area contributed by atoms with E-state index in [0.29, 0.717) is 5.95 Å². The summed E-state index contributed by atoms with van der Waals surface area (Å²) in [6, 6.07) is 7.60. The fourth-order valence-corrected chi connectivity index (χ4v) is 1.56. The van der Waals surface area contributed by atoms with Gasteiger partial charge in [-0.2, -0.15) is 0 Å². The minimum Gasteiger partial charge on any atom is -0.399 e. The van der Waals surface area contributed by atoms with Crippen LogP contribution in [0.15, 0.2) is 36.7 Å². The van der Waals surface area contributed by atoms with E-state index in [1.54, 1.807) is 18.5 Å². The van der Waals surface area contributed by atoms with Crippen LogP contribution in [0.4, 0.5) is 17.3 Å². The number of aryl methyl sites for hydroxylation is 1. The molecular weight excluding hydrogens is 200 g/mol. The van der Waals surface area contributed by atoms with Gasteiger partial charge in [0, 0.05) is 30.8 Å². The van der Waals surface area contributed by atoms with Crippen molar-refractivity contribution in [2.24, 2.45) is 0 Å². The van der Waals surface area contributed by atoms with Crippen molar-refractivity contribution in [1.82, 2.24) is 9.97 Å². The predicted octanol–water partition coefficient (Wildman–Crippen LogP) is 2.14. The number of aromatic nitrogens is 2. The molecule has 0 fully saturated rings. The summed E-state index contributed by atoms with van der Waals surface area (Å²) in [4.78, 5) is 10.3. The predicted molar refractivity (Wildman–Crippen MR) is 65.7 cm³/mol. The molecule has 0 amide bonds. The Kier molecular flexibility index (Phi) is 2.72. The average Bonchev–Trinajstić information content (AvgIpc) is 2.32. The highest BCUT2D eigenvalue weighted by Crippen LogP contribution is 2.25. The largest absolute Gasteiger partial charge is 0.399 e. The Morgan fingerprint density at radius 1 is 1.19 bits per heavy atom. The number of nitrogens with zero attached hydrogens (tertiary/aromatic N) is 3. The highest BCUT2D eigenvalue weighted by atomic mass is 15.2. The molecule has 0 aliphatic carbocycles. The molecule has 82 valence electrons. The summed E-state index contributed by atoms with van der Waals surface area (Å²) in [5.74, 6) is 0.663. The maximum absolute atomic E-state index is 5.78. The Balaban J connectivity index is 2.41. The molecule has 0 spiro atoms. The molecule has 2 rings (SSSR count). The van der Waals surface area contributed by atoms with E-state index in [1.807, 2.05) is 37.1 Å². The summed E-state index contributed by atoms with van der Waals surface area (Å²) < 4.78 is 0. The summed E-state index contributed by atoms with van der Waals surface area (Å²) in [5.41, 5.74) is 8.68. The van der Waals surface area contributed by atoms with E-state index in [4.69, 9.17) is 5.73 Å². The maximum Gasteiger partial charge on any atom is 0.229 e. The summed E-state index contributed by atoms with van der Waals surface area (Å²) in [7, 11) is 1.93. The number of nitrogens with two attached hydrogens (primary N) is 1. The fraction of sp³-hybridized carbons (Fsp3) is 0.167. The molecule has 4 nitrogen and oxygen atoms in total. The number of rotatable bonds is 2. The van der Waals surface area contributed by atoms with E-state index in [-0.39, 0.29) is 0 Å². The SMILES string of the molecule is Cc1ccc(N)cc1N(C)c1ncccn1. The van der Waals surface area contributed by atoms with Gasteiger partial charge in [-0.05, 0) is 30.7 Å². The van der Waals surface area contributed by atoms with Gasteiger partial charge in [-0.25, -0.2) is 9.97 Å². The van der Waals surface area contributed by atoms with Gasteiger partial charge in [-0.15, -0.1) is 0 Å². The van der Waals surface area contributed by atoms with Gasteiger partial charge >= 0.3 is 0 Å². The van der Waals surface area contributed by atoms with Crippen molar-refractivity contribution >= 4 is 17.3 Å². The van der Waals surface area contributed by atoms with Gasteiger partial charge in [-0.3, -0.25) is 0 Å². The van der Waals surface area contributed by atoms with Crippen LogP contribution in [0.2, 0.25) is 0 Å². The third-order valence-electron chi connectivity index (χ3n) is 2.45. The summed E-state index contributed by atoms with van der Waals surface area (Å²) in [5, 5.41) is 0. The topological polar surface area (TPSA) is 55.0 Å². The van der Waals surface area contributed by atoms with Gasteiger partial charge in [0.25, 0.3) is 0 Å². The highest BCUT2D eigenvalue weighted by Gasteiger charge is 2.08. The van der Waals surface area contributed by atoms with Crippen LogP contribution in [-0.2, 0) is 0 Å². The molecule has 4 heteroatoms. The molecule has 0 saturated heterocycles. The molecule has 1 aromatic heterocycles. The van der Waals surface area contributed by atoms with Gasteiger partial charge in [-0.1, -0.05) is 6.07 Å². The zero-order valence-electron chi connectivity index (χ0n) is 9.38. The highest BCUT2D eigenvalue weighted by molar-refractivity contribution is 5.65. The smallest absolute Gasteiger partial charge is 0.229 e. The van der Waals surface area contributed by atoms with Gasteiger partial charge in [0.05, 0.1) is 0 Å². The molecular formula is C12H14N4. The fourth-order valence-electron chi connectivity index (χ4n) is 1.56. The maximum atomic E-state index is 5.78. The van der Waals surface area contributed by atoms with Crippen molar-refractivity contribution in [2.45, 2.75) is 6.92 Å². The third-order valence-corrected chi connectivity index (χ3v) is 2.45. The van der Waals surface area contributed by atoms with Crippen molar-refractivity contribution in [3.05, 3.63) is 42.2 Å². The first-order chi connectivity index (χ1) is 7.68. The van der Waals surface area contributed by atoms with E-state index < -0.39 is 0 Å². The van der Waals surface area contributed by atoms with Crippen molar-refractivity contribution in [3.63, 3.8) is 0 Å². The average molecular weight is 214 g/mol. The molecule has 2 aromatic rings. The van der Waals surface area contributed by atoms with Crippen LogP contribution in [0.3, 0.4) is 0 Å². The van der Waals surface area contributed by atoms with E-state index >= 15 is 0 Å². The van der Waals surface area contributed by atoms with Crippen molar-refractivity contribution in [1.29, 1.82) is 0 Å². The molecule has 16 heavy (non-hydrogen) atoms. The van der Waals surface area contributed by atoms with Crippen LogP contribution < -0.4 is 10.6 Å². The first kappa shape index (κ1) is 10.4. The molecule has 0 radical (unpaired) electrons. The Morgan fingerprint density at radius 2 is 1.88 bits per heavy atom. The number of hydrogen-bond acceptors (Lipinski definition) is 4. The monoisotopic (exact) mass is 214 g/mol. The molecule has 2 N–H and O–H groups in total. The summed E-state index contributed by atoms with van der Waals surface area (Å²) in [6.45, 7) is 2.04. The minimum atomic E-state index is 0.663. The van der Waals surface area contributed by atoms with E-state index in [9.17, 15) is 0 Å².